The molecule has 1 heterocycles. The van der Waals surface area contributed by atoms with Gasteiger partial charge in [0.25, 0.3) is 0 Å². The summed E-state index contributed by atoms with van der Waals surface area (Å²) >= 11 is 6.40. The molecule has 1 fully saturated rings. The Labute approximate surface area is 116 Å². The Balaban J connectivity index is 2.03. The Morgan fingerprint density at radius 3 is 2.83 bits per heavy atom. The molecule has 0 saturated carbocycles. The maximum atomic E-state index is 6.40. The minimum atomic E-state index is 0.555. The SMILES string of the molecule is CCC(C)c1ccc(CC2CCCCN2)cc1Cl. The largest absolute Gasteiger partial charge is 0.314 e. The van der Waals surface area contributed by atoms with Crippen LogP contribution in [0.15, 0.2) is 18.2 Å². The molecule has 1 saturated heterocycles. The van der Waals surface area contributed by atoms with E-state index in [1.165, 1.54) is 36.9 Å². The van der Waals surface area contributed by atoms with Gasteiger partial charge in [-0.3, -0.25) is 0 Å². The van der Waals surface area contributed by atoms with Crippen molar-refractivity contribution in [3.63, 3.8) is 0 Å². The van der Waals surface area contributed by atoms with Crippen LogP contribution in [0, 0.1) is 0 Å². The van der Waals surface area contributed by atoms with E-state index in [-0.39, 0.29) is 0 Å². The van der Waals surface area contributed by atoms with Gasteiger partial charge in [0.2, 0.25) is 0 Å². The number of nitrogens with one attached hydrogen (secondary N) is 1. The molecule has 18 heavy (non-hydrogen) atoms. The lowest BCUT2D eigenvalue weighted by molar-refractivity contribution is 0.399. The van der Waals surface area contributed by atoms with Crippen molar-refractivity contribution in [2.45, 2.75) is 57.9 Å². The summed E-state index contributed by atoms with van der Waals surface area (Å²) in [6.07, 6.45) is 6.23. The van der Waals surface area contributed by atoms with Crippen LogP contribution in [0.25, 0.3) is 0 Å². The van der Waals surface area contributed by atoms with E-state index in [9.17, 15) is 0 Å². The Hall–Kier alpha value is -0.530. The second-order valence-corrected chi connectivity index (χ2v) is 5.92. The zero-order chi connectivity index (χ0) is 13.0. The number of halogens is 1. The van der Waals surface area contributed by atoms with Crippen LogP contribution in [0.3, 0.4) is 0 Å². The predicted octanol–water partition coefficient (Wildman–Crippen LogP) is 4.54. The molecule has 0 radical (unpaired) electrons. The smallest absolute Gasteiger partial charge is 0.0443 e. The fourth-order valence-electron chi connectivity index (χ4n) is 2.70. The zero-order valence-corrected chi connectivity index (χ0v) is 12.3. The Morgan fingerprint density at radius 2 is 2.22 bits per heavy atom. The molecule has 1 aromatic carbocycles. The van der Waals surface area contributed by atoms with Gasteiger partial charge in [-0.25, -0.2) is 0 Å². The molecular weight excluding hydrogens is 242 g/mol. The van der Waals surface area contributed by atoms with E-state index >= 15 is 0 Å². The lowest BCUT2D eigenvalue weighted by Crippen LogP contribution is -2.35. The van der Waals surface area contributed by atoms with Crippen LogP contribution in [0.4, 0.5) is 0 Å². The van der Waals surface area contributed by atoms with Gasteiger partial charge in [-0.05, 0) is 55.3 Å². The molecule has 1 aliphatic heterocycles. The van der Waals surface area contributed by atoms with Crippen LogP contribution in [0.1, 0.15) is 56.6 Å². The molecule has 1 N–H and O–H groups in total. The molecule has 0 spiro atoms. The highest BCUT2D eigenvalue weighted by Crippen LogP contribution is 2.28. The highest BCUT2D eigenvalue weighted by atomic mass is 35.5. The van der Waals surface area contributed by atoms with E-state index in [4.69, 9.17) is 11.6 Å². The average Bonchev–Trinajstić information content (AvgIpc) is 2.39. The maximum absolute atomic E-state index is 6.40. The Bertz CT molecular complexity index is 383. The summed E-state index contributed by atoms with van der Waals surface area (Å²) in [5.74, 6) is 0.555. The van der Waals surface area contributed by atoms with E-state index in [1.54, 1.807) is 0 Å². The van der Waals surface area contributed by atoms with E-state index in [0.29, 0.717) is 12.0 Å². The van der Waals surface area contributed by atoms with Crippen molar-refractivity contribution in [1.29, 1.82) is 0 Å². The molecule has 100 valence electrons. The van der Waals surface area contributed by atoms with Crippen LogP contribution in [0.5, 0.6) is 0 Å². The van der Waals surface area contributed by atoms with Gasteiger partial charge in [-0.1, -0.05) is 44.0 Å². The predicted molar refractivity (Wildman–Crippen MR) is 79.5 cm³/mol. The normalized spacial score (nSPS) is 21.8. The zero-order valence-electron chi connectivity index (χ0n) is 11.5. The maximum Gasteiger partial charge on any atom is 0.0443 e. The topological polar surface area (TPSA) is 12.0 Å². The Morgan fingerprint density at radius 1 is 1.39 bits per heavy atom. The minimum Gasteiger partial charge on any atom is -0.314 e. The summed E-state index contributed by atoms with van der Waals surface area (Å²) in [6, 6.07) is 7.28. The van der Waals surface area contributed by atoms with Gasteiger partial charge in [0.15, 0.2) is 0 Å². The molecule has 0 aromatic heterocycles. The standard InChI is InChI=1S/C16H24ClN/c1-3-12(2)15-8-7-13(11-16(15)17)10-14-6-4-5-9-18-14/h7-8,11-12,14,18H,3-6,9-10H2,1-2H3. The molecule has 2 unspecified atom stereocenters. The van der Waals surface area contributed by atoms with Crippen molar-refractivity contribution < 1.29 is 0 Å². The summed E-state index contributed by atoms with van der Waals surface area (Å²) in [5.41, 5.74) is 2.66. The molecule has 2 atom stereocenters. The number of hydrogen-bond donors (Lipinski definition) is 1. The molecule has 1 aliphatic rings. The lowest BCUT2D eigenvalue weighted by atomic mass is 9.94. The first-order valence-corrected chi connectivity index (χ1v) is 7.60. The van der Waals surface area contributed by atoms with Gasteiger partial charge < -0.3 is 5.32 Å². The van der Waals surface area contributed by atoms with Crippen LogP contribution in [-0.4, -0.2) is 12.6 Å². The fourth-order valence-corrected chi connectivity index (χ4v) is 3.09. The summed E-state index contributed by atoms with van der Waals surface area (Å²) in [7, 11) is 0. The number of benzene rings is 1. The molecule has 1 nitrogen and oxygen atoms in total. The highest BCUT2D eigenvalue weighted by molar-refractivity contribution is 6.31. The third kappa shape index (κ3) is 3.49. The number of hydrogen-bond acceptors (Lipinski definition) is 1. The summed E-state index contributed by atoms with van der Waals surface area (Å²) in [5, 5.41) is 4.53. The van der Waals surface area contributed by atoms with Gasteiger partial charge in [0.05, 0.1) is 0 Å². The minimum absolute atomic E-state index is 0.555. The van der Waals surface area contributed by atoms with Gasteiger partial charge in [0, 0.05) is 11.1 Å². The van der Waals surface area contributed by atoms with Crippen LogP contribution in [0.2, 0.25) is 5.02 Å². The van der Waals surface area contributed by atoms with E-state index in [2.05, 4.69) is 37.4 Å². The quantitative estimate of drug-likeness (QED) is 0.843. The molecule has 2 heteroatoms. The fraction of sp³-hybridized carbons (Fsp3) is 0.625. The third-order valence-electron chi connectivity index (χ3n) is 4.10. The van der Waals surface area contributed by atoms with Gasteiger partial charge in [0.1, 0.15) is 0 Å². The first-order chi connectivity index (χ1) is 8.70. The highest BCUT2D eigenvalue weighted by Gasteiger charge is 2.14. The second kappa shape index (κ2) is 6.58. The second-order valence-electron chi connectivity index (χ2n) is 5.52. The Kier molecular flexibility index (Phi) is 5.08. The van der Waals surface area contributed by atoms with Crippen molar-refractivity contribution in [1.82, 2.24) is 5.32 Å². The lowest BCUT2D eigenvalue weighted by Gasteiger charge is -2.23. The van der Waals surface area contributed by atoms with E-state index < -0.39 is 0 Å². The summed E-state index contributed by atoms with van der Waals surface area (Å²) in [4.78, 5) is 0. The summed E-state index contributed by atoms with van der Waals surface area (Å²) in [6.45, 7) is 5.62. The van der Waals surface area contributed by atoms with Gasteiger partial charge in [-0.2, -0.15) is 0 Å². The average molecular weight is 266 g/mol. The first-order valence-electron chi connectivity index (χ1n) is 7.22. The van der Waals surface area contributed by atoms with Crippen LogP contribution >= 0.6 is 11.6 Å². The molecule has 0 aliphatic carbocycles. The van der Waals surface area contributed by atoms with E-state index in [0.717, 1.165) is 17.9 Å². The van der Waals surface area contributed by atoms with Crippen molar-refractivity contribution in [3.05, 3.63) is 34.3 Å². The van der Waals surface area contributed by atoms with Crippen molar-refractivity contribution in [2.75, 3.05) is 6.54 Å². The number of rotatable bonds is 4. The van der Waals surface area contributed by atoms with Crippen LogP contribution in [-0.2, 0) is 6.42 Å². The molecule has 1 aromatic rings. The number of piperidine rings is 1. The van der Waals surface area contributed by atoms with Crippen molar-refractivity contribution in [3.8, 4) is 0 Å². The molecule has 0 amide bonds. The third-order valence-corrected chi connectivity index (χ3v) is 4.43. The van der Waals surface area contributed by atoms with Crippen LogP contribution < -0.4 is 5.32 Å². The molecule has 2 rings (SSSR count). The monoisotopic (exact) mass is 265 g/mol. The molecule has 0 bridgehead atoms. The van der Waals surface area contributed by atoms with Gasteiger partial charge in [-0.15, -0.1) is 0 Å². The first kappa shape index (κ1) is 13.9. The van der Waals surface area contributed by atoms with Crippen molar-refractivity contribution in [2.24, 2.45) is 0 Å². The summed E-state index contributed by atoms with van der Waals surface area (Å²) < 4.78 is 0. The van der Waals surface area contributed by atoms with Crippen molar-refractivity contribution >= 4 is 11.6 Å². The molecular formula is C16H24ClN. The van der Waals surface area contributed by atoms with E-state index in [1.807, 2.05) is 0 Å². The van der Waals surface area contributed by atoms with Gasteiger partial charge >= 0.3 is 0 Å².